The number of hydrogen-bond acceptors (Lipinski definition) is 5. The highest BCUT2D eigenvalue weighted by atomic mass is 16.7. The summed E-state index contributed by atoms with van der Waals surface area (Å²) in [6.45, 7) is 3.12. The number of amides is 1. The first kappa shape index (κ1) is 12.4. The Kier molecular flexibility index (Phi) is 4.04. The zero-order chi connectivity index (χ0) is 11.6. The van der Waals surface area contributed by atoms with Gasteiger partial charge in [-0.05, 0) is 6.92 Å². The molecule has 1 rings (SSSR count). The smallest absolute Gasteiger partial charge is 0.217 e. The Morgan fingerprint density at radius 1 is 1.60 bits per heavy atom. The van der Waals surface area contributed by atoms with Crippen molar-refractivity contribution in [1.29, 1.82) is 0 Å². The fourth-order valence-electron chi connectivity index (χ4n) is 1.66. The van der Waals surface area contributed by atoms with Gasteiger partial charge < -0.3 is 25.6 Å². The molecule has 6 nitrogen and oxygen atoms in total. The van der Waals surface area contributed by atoms with Crippen LogP contribution in [0.2, 0.25) is 0 Å². The molecular weight excluding hydrogens is 200 g/mol. The first-order chi connectivity index (χ1) is 6.97. The number of aliphatic hydroxyl groups excluding tert-OH is 1. The fourth-order valence-corrected chi connectivity index (χ4v) is 1.66. The number of nitrogens with one attached hydrogen (secondary N) is 1. The Balaban J connectivity index is 2.75. The van der Waals surface area contributed by atoms with Gasteiger partial charge in [-0.1, -0.05) is 0 Å². The molecular formula is C9H18N2O4. The maximum absolute atomic E-state index is 10.9. The zero-order valence-electron chi connectivity index (χ0n) is 9.14. The Morgan fingerprint density at radius 2 is 2.20 bits per heavy atom. The first-order valence-corrected chi connectivity index (χ1v) is 4.86. The molecule has 0 aromatic rings. The van der Waals surface area contributed by atoms with Gasteiger partial charge in [0.1, 0.15) is 6.04 Å². The molecule has 1 amide bonds. The summed E-state index contributed by atoms with van der Waals surface area (Å²) in [6, 6.07) is -1.16. The molecule has 0 radical (unpaired) electrons. The van der Waals surface area contributed by atoms with Crippen LogP contribution in [0, 0.1) is 0 Å². The molecule has 1 aliphatic heterocycles. The van der Waals surface area contributed by atoms with E-state index in [1.807, 2.05) is 0 Å². The molecule has 1 fully saturated rings. The van der Waals surface area contributed by atoms with Crippen LogP contribution in [0.1, 0.15) is 13.8 Å². The summed E-state index contributed by atoms with van der Waals surface area (Å²) in [4.78, 5) is 10.9. The number of ether oxygens (including phenoxy) is 2. The molecule has 0 aliphatic carbocycles. The van der Waals surface area contributed by atoms with E-state index in [9.17, 15) is 9.90 Å². The molecule has 5 atom stereocenters. The molecule has 0 bridgehead atoms. The van der Waals surface area contributed by atoms with E-state index in [-0.39, 0.29) is 12.0 Å². The lowest BCUT2D eigenvalue weighted by molar-refractivity contribution is -0.222. The van der Waals surface area contributed by atoms with Crippen LogP contribution in [0.25, 0.3) is 0 Å². The van der Waals surface area contributed by atoms with Crippen molar-refractivity contribution in [2.75, 3.05) is 7.11 Å². The van der Waals surface area contributed by atoms with E-state index in [4.69, 9.17) is 15.2 Å². The predicted molar refractivity (Wildman–Crippen MR) is 52.9 cm³/mol. The van der Waals surface area contributed by atoms with Crippen LogP contribution >= 0.6 is 0 Å². The van der Waals surface area contributed by atoms with Crippen molar-refractivity contribution in [3.8, 4) is 0 Å². The highest BCUT2D eigenvalue weighted by Gasteiger charge is 2.42. The highest BCUT2D eigenvalue weighted by Crippen LogP contribution is 2.19. The Hall–Kier alpha value is -0.690. The van der Waals surface area contributed by atoms with Crippen LogP contribution in [0.5, 0.6) is 0 Å². The van der Waals surface area contributed by atoms with Gasteiger partial charge in [0.2, 0.25) is 5.91 Å². The van der Waals surface area contributed by atoms with Crippen molar-refractivity contribution >= 4 is 5.91 Å². The molecule has 0 spiro atoms. The zero-order valence-corrected chi connectivity index (χ0v) is 9.14. The minimum atomic E-state index is -0.873. The third-order valence-corrected chi connectivity index (χ3v) is 2.55. The summed E-state index contributed by atoms with van der Waals surface area (Å²) >= 11 is 0. The van der Waals surface area contributed by atoms with Gasteiger partial charge in [0.25, 0.3) is 0 Å². The highest BCUT2D eigenvalue weighted by molar-refractivity contribution is 5.73. The standard InChI is InChI=1S/C9H18N2O4/c1-4-6(10)8(13)7(11-5(2)12)9(14-3)15-4/h4,6-9,13H,10H2,1-3H3,(H,11,12)/t4-,6+,7-,8+,9-/m1/s1. The van der Waals surface area contributed by atoms with Crippen molar-refractivity contribution in [3.05, 3.63) is 0 Å². The van der Waals surface area contributed by atoms with Crippen LogP contribution in [0.4, 0.5) is 0 Å². The number of carbonyl (C=O) groups excluding carboxylic acids is 1. The summed E-state index contributed by atoms with van der Waals surface area (Å²) in [5, 5.41) is 12.4. The van der Waals surface area contributed by atoms with E-state index in [0.29, 0.717) is 0 Å². The van der Waals surface area contributed by atoms with E-state index < -0.39 is 24.5 Å². The van der Waals surface area contributed by atoms with Crippen molar-refractivity contribution < 1.29 is 19.4 Å². The van der Waals surface area contributed by atoms with Crippen LogP contribution < -0.4 is 11.1 Å². The van der Waals surface area contributed by atoms with Crippen LogP contribution in [0.15, 0.2) is 0 Å². The van der Waals surface area contributed by atoms with Gasteiger partial charge >= 0.3 is 0 Å². The molecule has 0 saturated carbocycles. The molecule has 1 saturated heterocycles. The number of methoxy groups -OCH3 is 1. The SMILES string of the molecule is CO[C@@H]1O[C@H](C)[C@H](N)[C@H](O)[C@H]1NC(C)=O. The molecule has 15 heavy (non-hydrogen) atoms. The number of aliphatic hydroxyl groups is 1. The second-order valence-corrected chi connectivity index (χ2v) is 3.74. The minimum absolute atomic E-state index is 0.258. The number of hydrogen-bond donors (Lipinski definition) is 3. The van der Waals surface area contributed by atoms with Gasteiger partial charge in [-0.25, -0.2) is 0 Å². The van der Waals surface area contributed by atoms with Gasteiger partial charge in [-0.3, -0.25) is 4.79 Å². The average molecular weight is 218 g/mol. The van der Waals surface area contributed by atoms with Gasteiger partial charge in [-0.2, -0.15) is 0 Å². The van der Waals surface area contributed by atoms with Crippen LogP contribution in [0.3, 0.4) is 0 Å². The number of rotatable bonds is 2. The van der Waals surface area contributed by atoms with Gasteiger partial charge in [0, 0.05) is 14.0 Å². The minimum Gasteiger partial charge on any atom is -0.389 e. The molecule has 4 N–H and O–H groups in total. The maximum atomic E-state index is 10.9. The summed E-state index contributed by atoms with van der Waals surface area (Å²) in [7, 11) is 1.45. The summed E-state index contributed by atoms with van der Waals surface area (Å²) in [5.74, 6) is -0.258. The molecule has 0 aromatic carbocycles. The van der Waals surface area contributed by atoms with E-state index in [1.54, 1.807) is 6.92 Å². The fraction of sp³-hybridized carbons (Fsp3) is 0.889. The Bertz CT molecular complexity index is 234. The number of nitrogens with two attached hydrogens (primary N) is 1. The normalized spacial score (nSPS) is 41.3. The maximum Gasteiger partial charge on any atom is 0.217 e. The van der Waals surface area contributed by atoms with Gasteiger partial charge in [0.05, 0.1) is 18.2 Å². The third-order valence-electron chi connectivity index (χ3n) is 2.55. The predicted octanol–water partition coefficient (Wildman–Crippen LogP) is -1.43. The summed E-state index contributed by atoms with van der Waals surface area (Å²) < 4.78 is 10.5. The number of carbonyl (C=O) groups is 1. The summed E-state index contributed by atoms with van der Waals surface area (Å²) in [5.41, 5.74) is 5.72. The third kappa shape index (κ3) is 2.66. The molecule has 88 valence electrons. The molecule has 1 aliphatic rings. The molecule has 0 unspecified atom stereocenters. The quantitative estimate of drug-likeness (QED) is 0.528. The lowest BCUT2D eigenvalue weighted by Crippen LogP contribution is -2.65. The lowest BCUT2D eigenvalue weighted by Gasteiger charge is -2.41. The second-order valence-electron chi connectivity index (χ2n) is 3.74. The van der Waals surface area contributed by atoms with Crippen molar-refractivity contribution in [1.82, 2.24) is 5.32 Å². The van der Waals surface area contributed by atoms with Crippen molar-refractivity contribution in [2.24, 2.45) is 5.73 Å². The molecule has 1 heterocycles. The summed E-state index contributed by atoms with van der Waals surface area (Å²) in [6.07, 6.45) is -1.85. The largest absolute Gasteiger partial charge is 0.389 e. The Morgan fingerprint density at radius 3 is 2.67 bits per heavy atom. The Labute approximate surface area is 88.7 Å². The van der Waals surface area contributed by atoms with Crippen LogP contribution in [-0.4, -0.2) is 48.7 Å². The lowest BCUT2D eigenvalue weighted by atomic mass is 9.96. The van der Waals surface area contributed by atoms with E-state index in [1.165, 1.54) is 14.0 Å². The van der Waals surface area contributed by atoms with E-state index in [0.717, 1.165) is 0 Å². The molecule has 0 aromatic heterocycles. The van der Waals surface area contributed by atoms with Gasteiger partial charge in [0.15, 0.2) is 6.29 Å². The van der Waals surface area contributed by atoms with Crippen molar-refractivity contribution in [2.45, 2.75) is 44.4 Å². The van der Waals surface area contributed by atoms with Gasteiger partial charge in [-0.15, -0.1) is 0 Å². The van der Waals surface area contributed by atoms with E-state index >= 15 is 0 Å². The topological polar surface area (TPSA) is 93.8 Å². The van der Waals surface area contributed by atoms with Crippen molar-refractivity contribution in [3.63, 3.8) is 0 Å². The van der Waals surface area contributed by atoms with E-state index in [2.05, 4.69) is 5.32 Å². The first-order valence-electron chi connectivity index (χ1n) is 4.86. The van der Waals surface area contributed by atoms with Crippen LogP contribution in [-0.2, 0) is 14.3 Å². The monoisotopic (exact) mass is 218 g/mol. The average Bonchev–Trinajstić information content (AvgIpc) is 2.18. The second kappa shape index (κ2) is 4.89. The molecule has 6 heteroatoms.